The highest BCUT2D eigenvalue weighted by molar-refractivity contribution is 6.04. The summed E-state index contributed by atoms with van der Waals surface area (Å²) < 4.78 is 10.1. The van der Waals surface area contributed by atoms with E-state index in [0.717, 1.165) is 0 Å². The highest BCUT2D eigenvalue weighted by Gasteiger charge is 2.40. The number of hydrogen-bond acceptors (Lipinski definition) is 5. The summed E-state index contributed by atoms with van der Waals surface area (Å²) in [4.78, 5) is 40.7. The van der Waals surface area contributed by atoms with Crippen molar-refractivity contribution in [2.45, 2.75) is 20.3 Å². The standard InChI is InChI=1S/C18H27N3O5/c1-18(2,16(23)19-7-5-12-25-3)17(24)21-10-8-20(9-11-21)15(22)14-6-4-13-26-14/h4,6,13H,5,7-12H2,1-3H3,(H,19,23). The SMILES string of the molecule is COCCCNC(=O)C(C)(C)C(=O)N1CCN(C(=O)c2ccco2)CC1. The molecule has 2 rings (SSSR count). The molecule has 144 valence electrons. The molecule has 0 aromatic carbocycles. The smallest absolute Gasteiger partial charge is 0.289 e. The van der Waals surface area contributed by atoms with Gasteiger partial charge in [0.25, 0.3) is 5.91 Å². The minimum absolute atomic E-state index is 0.183. The van der Waals surface area contributed by atoms with Gasteiger partial charge in [-0.1, -0.05) is 0 Å². The molecule has 8 heteroatoms. The number of nitrogens with zero attached hydrogens (tertiary/aromatic N) is 2. The molecule has 1 aromatic heterocycles. The lowest BCUT2D eigenvalue weighted by Gasteiger charge is -2.37. The van der Waals surface area contributed by atoms with Crippen LogP contribution in [0.3, 0.4) is 0 Å². The largest absolute Gasteiger partial charge is 0.459 e. The summed E-state index contributed by atoms with van der Waals surface area (Å²) in [5, 5.41) is 2.78. The van der Waals surface area contributed by atoms with Crippen LogP contribution in [0.5, 0.6) is 0 Å². The average Bonchev–Trinajstić information content (AvgIpc) is 3.18. The van der Waals surface area contributed by atoms with Gasteiger partial charge in [0.05, 0.1) is 6.26 Å². The number of carbonyl (C=O) groups excluding carboxylic acids is 3. The summed E-state index contributed by atoms with van der Waals surface area (Å²) in [6, 6.07) is 3.29. The number of hydrogen-bond donors (Lipinski definition) is 1. The molecular weight excluding hydrogens is 338 g/mol. The van der Waals surface area contributed by atoms with Crippen LogP contribution >= 0.6 is 0 Å². The van der Waals surface area contributed by atoms with Gasteiger partial charge in [0, 0.05) is 46.4 Å². The van der Waals surface area contributed by atoms with E-state index in [1.54, 1.807) is 42.9 Å². The first-order chi connectivity index (χ1) is 12.4. The highest BCUT2D eigenvalue weighted by atomic mass is 16.5. The van der Waals surface area contributed by atoms with E-state index in [4.69, 9.17) is 9.15 Å². The van der Waals surface area contributed by atoms with Gasteiger partial charge in [0.2, 0.25) is 11.8 Å². The molecule has 0 unspecified atom stereocenters. The molecule has 26 heavy (non-hydrogen) atoms. The van der Waals surface area contributed by atoms with Crippen LogP contribution in [0.2, 0.25) is 0 Å². The first-order valence-corrected chi connectivity index (χ1v) is 8.77. The molecule has 0 saturated carbocycles. The van der Waals surface area contributed by atoms with Gasteiger partial charge in [-0.3, -0.25) is 14.4 Å². The number of ether oxygens (including phenoxy) is 1. The minimum Gasteiger partial charge on any atom is -0.459 e. The fraction of sp³-hybridized carbons (Fsp3) is 0.611. The van der Waals surface area contributed by atoms with E-state index >= 15 is 0 Å². The maximum absolute atomic E-state index is 12.8. The fourth-order valence-corrected chi connectivity index (χ4v) is 2.80. The number of nitrogens with one attached hydrogen (secondary N) is 1. The quantitative estimate of drug-likeness (QED) is 0.568. The van der Waals surface area contributed by atoms with Crippen molar-refractivity contribution in [2.75, 3.05) is 46.4 Å². The molecule has 1 saturated heterocycles. The molecule has 1 N–H and O–H groups in total. The van der Waals surface area contributed by atoms with Crippen LogP contribution in [0.25, 0.3) is 0 Å². The van der Waals surface area contributed by atoms with Gasteiger partial charge in [0.1, 0.15) is 5.41 Å². The Morgan fingerprint density at radius 3 is 2.42 bits per heavy atom. The summed E-state index contributed by atoms with van der Waals surface area (Å²) in [5.74, 6) is -0.419. The average molecular weight is 365 g/mol. The second-order valence-electron chi connectivity index (χ2n) is 6.79. The van der Waals surface area contributed by atoms with E-state index in [1.807, 2.05) is 0 Å². The lowest BCUT2D eigenvalue weighted by Crippen LogP contribution is -2.56. The monoisotopic (exact) mass is 365 g/mol. The summed E-state index contributed by atoms with van der Waals surface area (Å²) in [6.45, 7) is 5.89. The van der Waals surface area contributed by atoms with Crippen molar-refractivity contribution in [1.29, 1.82) is 0 Å². The number of methoxy groups -OCH3 is 1. The zero-order valence-corrected chi connectivity index (χ0v) is 15.6. The third kappa shape index (κ3) is 4.63. The molecule has 0 atom stereocenters. The maximum Gasteiger partial charge on any atom is 0.289 e. The lowest BCUT2D eigenvalue weighted by atomic mass is 9.90. The second kappa shape index (κ2) is 8.84. The van der Waals surface area contributed by atoms with Crippen molar-refractivity contribution in [2.24, 2.45) is 5.41 Å². The van der Waals surface area contributed by atoms with E-state index in [9.17, 15) is 14.4 Å². The van der Waals surface area contributed by atoms with E-state index < -0.39 is 5.41 Å². The molecule has 1 aromatic rings. The minimum atomic E-state index is -1.15. The Morgan fingerprint density at radius 1 is 1.19 bits per heavy atom. The summed E-state index contributed by atoms with van der Waals surface area (Å²) >= 11 is 0. The van der Waals surface area contributed by atoms with Crippen molar-refractivity contribution < 1.29 is 23.5 Å². The molecule has 0 radical (unpaired) electrons. The molecule has 1 aliphatic rings. The van der Waals surface area contributed by atoms with E-state index in [0.29, 0.717) is 51.5 Å². The van der Waals surface area contributed by atoms with Crippen LogP contribution in [0.15, 0.2) is 22.8 Å². The van der Waals surface area contributed by atoms with Crippen molar-refractivity contribution in [1.82, 2.24) is 15.1 Å². The first-order valence-electron chi connectivity index (χ1n) is 8.77. The lowest BCUT2D eigenvalue weighted by molar-refractivity contribution is -0.149. The molecule has 1 fully saturated rings. The molecule has 0 spiro atoms. The third-order valence-electron chi connectivity index (χ3n) is 4.50. The van der Waals surface area contributed by atoms with E-state index in [2.05, 4.69) is 5.32 Å². The Morgan fingerprint density at radius 2 is 1.85 bits per heavy atom. The van der Waals surface area contributed by atoms with Crippen LogP contribution < -0.4 is 5.32 Å². The van der Waals surface area contributed by atoms with Gasteiger partial charge in [-0.15, -0.1) is 0 Å². The number of furan rings is 1. The molecule has 0 bridgehead atoms. The number of rotatable bonds is 7. The van der Waals surface area contributed by atoms with Gasteiger partial charge < -0.3 is 24.3 Å². The third-order valence-corrected chi connectivity index (χ3v) is 4.50. The molecule has 8 nitrogen and oxygen atoms in total. The van der Waals surface area contributed by atoms with Crippen LogP contribution in [-0.4, -0.2) is 74.0 Å². The fourth-order valence-electron chi connectivity index (χ4n) is 2.80. The highest BCUT2D eigenvalue weighted by Crippen LogP contribution is 2.21. The number of carbonyl (C=O) groups is 3. The topological polar surface area (TPSA) is 92.1 Å². The molecular formula is C18H27N3O5. The van der Waals surface area contributed by atoms with Gasteiger partial charge >= 0.3 is 0 Å². The Balaban J connectivity index is 1.86. The Kier molecular flexibility index (Phi) is 6.79. The molecule has 0 aliphatic carbocycles. The number of amides is 3. The maximum atomic E-state index is 12.8. The Hall–Kier alpha value is -2.35. The zero-order valence-electron chi connectivity index (χ0n) is 15.6. The van der Waals surface area contributed by atoms with Gasteiger partial charge in [-0.25, -0.2) is 0 Å². The zero-order chi connectivity index (χ0) is 19.2. The van der Waals surface area contributed by atoms with Gasteiger partial charge in [-0.2, -0.15) is 0 Å². The normalized spacial score (nSPS) is 15.0. The van der Waals surface area contributed by atoms with Crippen LogP contribution in [0.1, 0.15) is 30.8 Å². The number of piperazine rings is 1. The first kappa shape index (κ1) is 20.0. The molecule has 1 aliphatic heterocycles. The van der Waals surface area contributed by atoms with Crippen LogP contribution in [-0.2, 0) is 14.3 Å². The van der Waals surface area contributed by atoms with Crippen LogP contribution in [0.4, 0.5) is 0 Å². The second-order valence-corrected chi connectivity index (χ2v) is 6.79. The van der Waals surface area contributed by atoms with Crippen molar-refractivity contribution in [3.63, 3.8) is 0 Å². The van der Waals surface area contributed by atoms with Gasteiger partial charge in [-0.05, 0) is 32.4 Å². The molecule has 2 heterocycles. The Labute approximate surface area is 153 Å². The summed E-state index contributed by atoms with van der Waals surface area (Å²) in [7, 11) is 1.60. The van der Waals surface area contributed by atoms with Crippen LogP contribution in [0, 0.1) is 5.41 Å². The van der Waals surface area contributed by atoms with Crippen molar-refractivity contribution >= 4 is 17.7 Å². The summed E-state index contributed by atoms with van der Waals surface area (Å²) in [5.41, 5.74) is -1.15. The Bertz CT molecular complexity index is 619. The summed E-state index contributed by atoms with van der Waals surface area (Å²) in [6.07, 6.45) is 2.15. The van der Waals surface area contributed by atoms with E-state index in [-0.39, 0.29) is 17.7 Å². The van der Waals surface area contributed by atoms with Gasteiger partial charge in [0.15, 0.2) is 5.76 Å². The molecule has 3 amide bonds. The predicted octanol–water partition coefficient (Wildman–Crippen LogP) is 0.743. The van der Waals surface area contributed by atoms with Crippen molar-refractivity contribution in [3.05, 3.63) is 24.2 Å². The van der Waals surface area contributed by atoms with Crippen molar-refractivity contribution in [3.8, 4) is 0 Å². The predicted molar refractivity (Wildman–Crippen MR) is 94.5 cm³/mol. The van der Waals surface area contributed by atoms with E-state index in [1.165, 1.54) is 6.26 Å².